The molecule has 164 valence electrons. The number of rotatable bonds is 5. The molecule has 0 bridgehead atoms. The van der Waals surface area contributed by atoms with Crippen LogP contribution in [0.5, 0.6) is 5.75 Å². The Balaban J connectivity index is 1.49. The van der Waals surface area contributed by atoms with Crippen molar-refractivity contribution in [1.29, 1.82) is 0 Å². The molecule has 3 aromatic rings. The third-order valence-corrected chi connectivity index (χ3v) is 8.43. The van der Waals surface area contributed by atoms with Crippen LogP contribution in [0.1, 0.15) is 37.3 Å². The Morgan fingerprint density at radius 1 is 0.968 bits per heavy atom. The molecule has 6 heteroatoms. The fourth-order valence-electron chi connectivity index (χ4n) is 5.09. The minimum absolute atomic E-state index is 0.273. The lowest BCUT2D eigenvalue weighted by Crippen LogP contribution is -2.39. The van der Waals surface area contributed by atoms with Crippen molar-refractivity contribution in [1.82, 2.24) is 9.47 Å². The van der Waals surface area contributed by atoms with Gasteiger partial charge < -0.3 is 9.30 Å². The highest BCUT2D eigenvalue weighted by Crippen LogP contribution is 2.39. The van der Waals surface area contributed by atoms with Gasteiger partial charge in [0.25, 0.3) is 0 Å². The van der Waals surface area contributed by atoms with Gasteiger partial charge in [-0.1, -0.05) is 18.9 Å². The van der Waals surface area contributed by atoms with E-state index in [1.807, 2.05) is 12.1 Å². The minimum Gasteiger partial charge on any atom is -0.497 e. The molecule has 0 amide bonds. The molecule has 1 aromatic heterocycles. The summed E-state index contributed by atoms with van der Waals surface area (Å²) in [5.74, 6) is 1.42. The standard InChI is InChI=1S/C25H30N2O3S/c1-30-23-9-7-20(8-10-23)25-17-21-16-19(18-26-12-14-31(28,29)15-13-26)6-11-24(21)27(25)22-4-2-3-5-22/h6-11,16-17,22H,2-5,12-15,18H2,1H3. The van der Waals surface area contributed by atoms with Gasteiger partial charge >= 0.3 is 0 Å². The van der Waals surface area contributed by atoms with Crippen molar-refractivity contribution >= 4 is 20.7 Å². The summed E-state index contributed by atoms with van der Waals surface area (Å²) < 4.78 is 31.3. The molecule has 0 unspecified atom stereocenters. The molecule has 2 aliphatic rings. The number of ether oxygens (including phenoxy) is 1. The Hall–Kier alpha value is -2.31. The van der Waals surface area contributed by atoms with Crippen LogP contribution in [0.15, 0.2) is 48.5 Å². The molecule has 31 heavy (non-hydrogen) atoms. The van der Waals surface area contributed by atoms with Crippen LogP contribution in [0, 0.1) is 0 Å². The lowest BCUT2D eigenvalue weighted by atomic mass is 10.1. The van der Waals surface area contributed by atoms with Gasteiger partial charge in [-0.2, -0.15) is 0 Å². The first-order valence-electron chi connectivity index (χ1n) is 11.2. The molecule has 2 heterocycles. The molecule has 2 aromatic carbocycles. The first kappa shape index (κ1) is 20.6. The molecular weight excluding hydrogens is 408 g/mol. The van der Waals surface area contributed by atoms with Gasteiger partial charge in [0.05, 0.1) is 18.6 Å². The zero-order valence-electron chi connectivity index (χ0n) is 18.1. The Bertz CT molecular complexity index is 1160. The molecular formula is C25H30N2O3S. The second kappa shape index (κ2) is 8.32. The van der Waals surface area contributed by atoms with E-state index < -0.39 is 9.84 Å². The monoisotopic (exact) mass is 438 g/mol. The minimum atomic E-state index is -2.84. The average Bonchev–Trinajstić information content (AvgIpc) is 3.42. The molecule has 1 aliphatic carbocycles. The predicted molar refractivity (Wildman–Crippen MR) is 125 cm³/mol. The van der Waals surface area contributed by atoms with Gasteiger partial charge in [-0.3, -0.25) is 4.90 Å². The summed E-state index contributed by atoms with van der Waals surface area (Å²) >= 11 is 0. The van der Waals surface area contributed by atoms with Gasteiger partial charge in [-0.25, -0.2) is 8.42 Å². The van der Waals surface area contributed by atoms with Crippen molar-refractivity contribution in [2.45, 2.75) is 38.3 Å². The van der Waals surface area contributed by atoms with E-state index in [4.69, 9.17) is 4.74 Å². The van der Waals surface area contributed by atoms with Crippen LogP contribution in [0.2, 0.25) is 0 Å². The van der Waals surface area contributed by atoms with Crippen LogP contribution >= 0.6 is 0 Å². The molecule has 2 fully saturated rings. The van der Waals surface area contributed by atoms with Crippen LogP contribution in [0.4, 0.5) is 0 Å². The number of sulfone groups is 1. The topological polar surface area (TPSA) is 51.5 Å². The van der Waals surface area contributed by atoms with Crippen LogP contribution in [-0.2, 0) is 16.4 Å². The Labute approximate surface area is 184 Å². The fourth-order valence-corrected chi connectivity index (χ4v) is 6.37. The van der Waals surface area contributed by atoms with Crippen LogP contribution < -0.4 is 4.74 Å². The number of aromatic nitrogens is 1. The molecule has 1 aliphatic heterocycles. The highest BCUT2D eigenvalue weighted by Gasteiger charge is 2.24. The van der Waals surface area contributed by atoms with E-state index in [1.54, 1.807) is 7.11 Å². The van der Waals surface area contributed by atoms with E-state index in [0.29, 0.717) is 19.1 Å². The van der Waals surface area contributed by atoms with Crippen molar-refractivity contribution in [2.75, 3.05) is 31.7 Å². The summed E-state index contributed by atoms with van der Waals surface area (Å²) in [5.41, 5.74) is 5.02. The van der Waals surface area contributed by atoms with Gasteiger partial charge in [0, 0.05) is 42.3 Å². The largest absolute Gasteiger partial charge is 0.497 e. The molecule has 0 spiro atoms. The van der Waals surface area contributed by atoms with E-state index in [9.17, 15) is 8.42 Å². The number of fused-ring (bicyclic) bond motifs is 1. The van der Waals surface area contributed by atoms with Gasteiger partial charge in [-0.05, 0) is 66.4 Å². The van der Waals surface area contributed by atoms with Crippen LogP contribution in [-0.4, -0.2) is 49.6 Å². The molecule has 1 saturated carbocycles. The first-order chi connectivity index (χ1) is 15.0. The van der Waals surface area contributed by atoms with E-state index in [1.165, 1.54) is 53.4 Å². The maximum absolute atomic E-state index is 11.7. The predicted octanol–water partition coefficient (Wildman–Crippen LogP) is 4.66. The summed E-state index contributed by atoms with van der Waals surface area (Å²) in [5, 5.41) is 1.26. The third-order valence-electron chi connectivity index (χ3n) is 6.82. The number of hydrogen-bond donors (Lipinski definition) is 0. The number of nitrogens with zero attached hydrogens (tertiary/aromatic N) is 2. The highest BCUT2D eigenvalue weighted by molar-refractivity contribution is 7.91. The molecule has 0 atom stereocenters. The Kier molecular flexibility index (Phi) is 5.52. The van der Waals surface area contributed by atoms with Crippen molar-refractivity contribution in [2.24, 2.45) is 0 Å². The van der Waals surface area contributed by atoms with E-state index >= 15 is 0 Å². The Morgan fingerprint density at radius 3 is 2.35 bits per heavy atom. The molecule has 5 nitrogen and oxygen atoms in total. The zero-order chi connectivity index (χ0) is 21.4. The summed E-state index contributed by atoms with van der Waals surface area (Å²) in [7, 11) is -1.15. The van der Waals surface area contributed by atoms with Crippen molar-refractivity contribution in [3.8, 4) is 17.0 Å². The summed E-state index contributed by atoms with van der Waals surface area (Å²) in [6.07, 6.45) is 5.05. The summed E-state index contributed by atoms with van der Waals surface area (Å²) in [4.78, 5) is 2.25. The zero-order valence-corrected chi connectivity index (χ0v) is 18.9. The first-order valence-corrected chi connectivity index (χ1v) is 13.1. The molecule has 5 rings (SSSR count). The van der Waals surface area contributed by atoms with E-state index in [-0.39, 0.29) is 11.5 Å². The molecule has 0 radical (unpaired) electrons. The summed E-state index contributed by atoms with van der Waals surface area (Å²) in [6.45, 7) is 2.05. The maximum Gasteiger partial charge on any atom is 0.152 e. The summed E-state index contributed by atoms with van der Waals surface area (Å²) in [6, 6.07) is 18.0. The van der Waals surface area contributed by atoms with Crippen LogP contribution in [0.3, 0.4) is 0 Å². The van der Waals surface area contributed by atoms with E-state index in [0.717, 1.165) is 12.3 Å². The van der Waals surface area contributed by atoms with Gasteiger partial charge in [0.15, 0.2) is 9.84 Å². The fraction of sp³-hybridized carbons (Fsp3) is 0.440. The normalized spacial score (nSPS) is 19.8. The Morgan fingerprint density at radius 2 is 1.68 bits per heavy atom. The average molecular weight is 439 g/mol. The number of benzene rings is 2. The van der Waals surface area contributed by atoms with Crippen molar-refractivity contribution in [3.05, 3.63) is 54.1 Å². The lowest BCUT2D eigenvalue weighted by Gasteiger charge is -2.26. The molecule has 0 N–H and O–H groups in total. The van der Waals surface area contributed by atoms with Gasteiger partial charge in [0.2, 0.25) is 0 Å². The van der Waals surface area contributed by atoms with Crippen LogP contribution in [0.25, 0.3) is 22.2 Å². The smallest absolute Gasteiger partial charge is 0.152 e. The SMILES string of the molecule is COc1ccc(-c2cc3cc(CN4CCS(=O)(=O)CC4)ccc3n2C2CCCC2)cc1. The quantitative estimate of drug-likeness (QED) is 0.581. The maximum atomic E-state index is 11.7. The van der Waals surface area contributed by atoms with E-state index in [2.05, 4.69) is 45.9 Å². The third kappa shape index (κ3) is 4.23. The lowest BCUT2D eigenvalue weighted by molar-refractivity contribution is 0.288. The van der Waals surface area contributed by atoms with Gasteiger partial charge in [0.1, 0.15) is 5.75 Å². The second-order valence-corrected chi connectivity index (χ2v) is 11.2. The van der Waals surface area contributed by atoms with Crippen molar-refractivity contribution in [3.63, 3.8) is 0 Å². The molecule has 1 saturated heterocycles. The number of methoxy groups -OCH3 is 1. The second-order valence-electron chi connectivity index (χ2n) is 8.89. The highest BCUT2D eigenvalue weighted by atomic mass is 32.2. The van der Waals surface area contributed by atoms with Crippen molar-refractivity contribution < 1.29 is 13.2 Å². The number of hydrogen-bond acceptors (Lipinski definition) is 4. The van der Waals surface area contributed by atoms with Gasteiger partial charge in [-0.15, -0.1) is 0 Å².